The molecular weight excluding hydrogens is 319 g/mol. The van der Waals surface area contributed by atoms with E-state index in [1.54, 1.807) is 6.07 Å². The fourth-order valence-electron chi connectivity index (χ4n) is 1.95. The summed E-state index contributed by atoms with van der Waals surface area (Å²) in [6, 6.07) is 7.46. The van der Waals surface area contributed by atoms with Crippen LogP contribution in [0.2, 0.25) is 0 Å². The number of amides is 1. The largest absolute Gasteiger partial charge is 0.387 e. The summed E-state index contributed by atoms with van der Waals surface area (Å²) in [6.45, 7) is 0.0823. The van der Waals surface area contributed by atoms with Gasteiger partial charge in [-0.05, 0) is 46.7 Å². The van der Waals surface area contributed by atoms with Gasteiger partial charge in [-0.15, -0.1) is 5.10 Å². The standard InChI is InChI=1S/C15H13FN4O2S/c16-11-1-3-12(4-2-11)20-8-13(18-19-20)15(22)17-7-14(21)10-5-6-23-9-10/h1-6,8-9,14,21H,7H2,(H,17,22). The minimum absolute atomic E-state index is 0.0823. The molecule has 2 aromatic heterocycles. The van der Waals surface area contributed by atoms with Crippen molar-refractivity contribution in [1.82, 2.24) is 20.3 Å². The first kappa shape index (κ1) is 15.3. The maximum atomic E-state index is 12.9. The third-order valence-corrected chi connectivity index (χ3v) is 3.90. The Bertz CT molecular complexity index is 786. The number of carbonyl (C=O) groups is 1. The van der Waals surface area contributed by atoms with Gasteiger partial charge in [0.05, 0.1) is 18.0 Å². The zero-order chi connectivity index (χ0) is 16.2. The molecule has 0 radical (unpaired) electrons. The van der Waals surface area contributed by atoms with Gasteiger partial charge in [-0.3, -0.25) is 4.79 Å². The second kappa shape index (κ2) is 6.67. The Kier molecular flexibility index (Phi) is 4.45. The van der Waals surface area contributed by atoms with Crippen LogP contribution in [-0.4, -0.2) is 32.6 Å². The number of aromatic nitrogens is 3. The van der Waals surface area contributed by atoms with Crippen molar-refractivity contribution in [2.24, 2.45) is 0 Å². The quantitative estimate of drug-likeness (QED) is 0.748. The molecule has 118 valence electrons. The van der Waals surface area contributed by atoms with Gasteiger partial charge < -0.3 is 10.4 Å². The summed E-state index contributed by atoms with van der Waals surface area (Å²) in [6.07, 6.45) is 0.678. The van der Waals surface area contributed by atoms with Crippen LogP contribution in [0.5, 0.6) is 0 Å². The number of halogens is 1. The lowest BCUT2D eigenvalue weighted by molar-refractivity contribution is 0.0911. The van der Waals surface area contributed by atoms with E-state index in [4.69, 9.17) is 0 Å². The second-order valence-electron chi connectivity index (χ2n) is 4.81. The summed E-state index contributed by atoms with van der Waals surface area (Å²) in [5, 5.41) is 23.8. The number of rotatable bonds is 5. The van der Waals surface area contributed by atoms with Crippen molar-refractivity contribution in [2.75, 3.05) is 6.54 Å². The van der Waals surface area contributed by atoms with E-state index in [0.29, 0.717) is 5.69 Å². The van der Waals surface area contributed by atoms with Crippen molar-refractivity contribution in [1.29, 1.82) is 0 Å². The average Bonchev–Trinajstić information content (AvgIpc) is 3.24. The number of hydrogen-bond acceptors (Lipinski definition) is 5. The minimum atomic E-state index is -0.766. The summed E-state index contributed by atoms with van der Waals surface area (Å²) in [5.74, 6) is -0.790. The second-order valence-corrected chi connectivity index (χ2v) is 5.59. The van der Waals surface area contributed by atoms with Crippen molar-refractivity contribution in [3.63, 3.8) is 0 Å². The first-order chi connectivity index (χ1) is 11.1. The van der Waals surface area contributed by atoms with E-state index in [9.17, 15) is 14.3 Å². The van der Waals surface area contributed by atoms with E-state index in [0.717, 1.165) is 5.56 Å². The molecule has 1 aromatic carbocycles. The van der Waals surface area contributed by atoms with Gasteiger partial charge in [0.15, 0.2) is 5.69 Å². The Morgan fingerprint density at radius 2 is 2.13 bits per heavy atom. The third-order valence-electron chi connectivity index (χ3n) is 3.20. The van der Waals surface area contributed by atoms with E-state index in [1.165, 1.54) is 46.5 Å². The lowest BCUT2D eigenvalue weighted by atomic mass is 10.2. The molecule has 2 N–H and O–H groups in total. The summed E-state index contributed by atoms with van der Waals surface area (Å²) in [5.41, 5.74) is 1.47. The summed E-state index contributed by atoms with van der Waals surface area (Å²) in [4.78, 5) is 12.0. The van der Waals surface area contributed by atoms with Crippen LogP contribution in [0.1, 0.15) is 22.2 Å². The van der Waals surface area contributed by atoms with Gasteiger partial charge in [-0.25, -0.2) is 9.07 Å². The van der Waals surface area contributed by atoms with Crippen LogP contribution in [0, 0.1) is 5.82 Å². The Labute approximate surface area is 135 Å². The number of nitrogens with zero attached hydrogens (tertiary/aromatic N) is 3. The molecule has 0 bridgehead atoms. The van der Waals surface area contributed by atoms with Gasteiger partial charge >= 0.3 is 0 Å². The number of nitrogens with one attached hydrogen (secondary N) is 1. The van der Waals surface area contributed by atoms with E-state index in [1.807, 2.05) is 10.8 Å². The molecule has 23 heavy (non-hydrogen) atoms. The van der Waals surface area contributed by atoms with E-state index < -0.39 is 12.0 Å². The van der Waals surface area contributed by atoms with Gasteiger partial charge in [-0.2, -0.15) is 11.3 Å². The number of hydrogen-bond donors (Lipinski definition) is 2. The molecule has 0 saturated heterocycles. The predicted octanol–water partition coefficient (Wildman–Crippen LogP) is 1.93. The SMILES string of the molecule is O=C(NCC(O)c1ccsc1)c1cn(-c2ccc(F)cc2)nn1. The monoisotopic (exact) mass is 332 g/mol. The Morgan fingerprint density at radius 1 is 1.35 bits per heavy atom. The highest BCUT2D eigenvalue weighted by Gasteiger charge is 2.14. The third kappa shape index (κ3) is 3.61. The Balaban J connectivity index is 1.63. The molecule has 0 saturated carbocycles. The summed E-state index contributed by atoms with van der Waals surface area (Å²) < 4.78 is 14.3. The zero-order valence-electron chi connectivity index (χ0n) is 11.9. The van der Waals surface area contributed by atoms with Crippen LogP contribution in [0.3, 0.4) is 0 Å². The van der Waals surface area contributed by atoms with Crippen molar-refractivity contribution in [3.8, 4) is 5.69 Å². The first-order valence-electron chi connectivity index (χ1n) is 6.80. The van der Waals surface area contributed by atoms with Gasteiger partial charge in [0, 0.05) is 6.54 Å². The van der Waals surface area contributed by atoms with Gasteiger partial charge in [-0.1, -0.05) is 5.21 Å². The molecule has 0 aliphatic carbocycles. The fraction of sp³-hybridized carbons (Fsp3) is 0.133. The molecule has 1 atom stereocenters. The molecule has 0 fully saturated rings. The van der Waals surface area contributed by atoms with Crippen LogP contribution in [0.15, 0.2) is 47.3 Å². The molecule has 3 rings (SSSR count). The number of carbonyl (C=O) groups excluding carboxylic acids is 1. The molecule has 3 aromatic rings. The maximum Gasteiger partial charge on any atom is 0.273 e. The molecule has 0 aliphatic rings. The minimum Gasteiger partial charge on any atom is -0.387 e. The molecule has 8 heteroatoms. The smallest absolute Gasteiger partial charge is 0.273 e. The van der Waals surface area contributed by atoms with Gasteiger partial charge in [0.25, 0.3) is 5.91 Å². The van der Waals surface area contributed by atoms with Crippen LogP contribution in [-0.2, 0) is 0 Å². The highest BCUT2D eigenvalue weighted by molar-refractivity contribution is 7.07. The number of aliphatic hydroxyl groups is 1. The van der Waals surface area contributed by atoms with Crippen molar-refractivity contribution < 1.29 is 14.3 Å². The summed E-state index contributed by atoms with van der Waals surface area (Å²) in [7, 11) is 0. The topological polar surface area (TPSA) is 80.0 Å². The highest BCUT2D eigenvalue weighted by Crippen LogP contribution is 2.15. The molecule has 6 nitrogen and oxygen atoms in total. The van der Waals surface area contributed by atoms with E-state index in [-0.39, 0.29) is 18.1 Å². The normalized spacial score (nSPS) is 12.1. The lowest BCUT2D eigenvalue weighted by Crippen LogP contribution is -2.28. The first-order valence-corrected chi connectivity index (χ1v) is 7.74. The Morgan fingerprint density at radius 3 is 2.83 bits per heavy atom. The van der Waals surface area contributed by atoms with Crippen molar-refractivity contribution >= 4 is 17.2 Å². The van der Waals surface area contributed by atoms with Gasteiger partial charge in [0.2, 0.25) is 0 Å². The maximum absolute atomic E-state index is 12.9. The molecule has 1 amide bonds. The zero-order valence-corrected chi connectivity index (χ0v) is 12.7. The van der Waals surface area contributed by atoms with E-state index in [2.05, 4.69) is 15.6 Å². The molecular formula is C15H13FN4O2S. The molecule has 0 spiro atoms. The average molecular weight is 332 g/mol. The van der Waals surface area contributed by atoms with Gasteiger partial charge in [0.1, 0.15) is 5.82 Å². The lowest BCUT2D eigenvalue weighted by Gasteiger charge is -2.09. The van der Waals surface area contributed by atoms with Crippen molar-refractivity contribution in [3.05, 3.63) is 64.4 Å². The Hall–Kier alpha value is -2.58. The molecule has 2 heterocycles. The highest BCUT2D eigenvalue weighted by atomic mass is 32.1. The number of thiophene rings is 1. The molecule has 0 aliphatic heterocycles. The van der Waals surface area contributed by atoms with Crippen LogP contribution in [0.4, 0.5) is 4.39 Å². The van der Waals surface area contributed by atoms with Crippen LogP contribution >= 0.6 is 11.3 Å². The fourth-order valence-corrected chi connectivity index (χ4v) is 2.66. The number of aliphatic hydroxyl groups excluding tert-OH is 1. The molecule has 1 unspecified atom stereocenters. The number of benzene rings is 1. The summed E-state index contributed by atoms with van der Waals surface area (Å²) >= 11 is 1.48. The van der Waals surface area contributed by atoms with Crippen LogP contribution < -0.4 is 5.32 Å². The van der Waals surface area contributed by atoms with Crippen LogP contribution in [0.25, 0.3) is 5.69 Å². The predicted molar refractivity (Wildman–Crippen MR) is 82.9 cm³/mol. The van der Waals surface area contributed by atoms with E-state index >= 15 is 0 Å². The van der Waals surface area contributed by atoms with Crippen molar-refractivity contribution in [2.45, 2.75) is 6.10 Å².